The molecule has 0 aliphatic rings. The van der Waals surface area contributed by atoms with Crippen LogP contribution in [0.5, 0.6) is 5.75 Å². The molecule has 2 nitrogen and oxygen atoms in total. The van der Waals surface area contributed by atoms with Crippen molar-refractivity contribution in [1.82, 2.24) is 0 Å². The number of allylic oxidation sites excluding steroid dienone is 1. The van der Waals surface area contributed by atoms with Crippen molar-refractivity contribution in [2.24, 2.45) is 0 Å². The third kappa shape index (κ3) is 2.63. The molecule has 100 valence electrons. The van der Waals surface area contributed by atoms with Gasteiger partial charge in [-0.2, -0.15) is 5.26 Å². The Labute approximate surface area is 123 Å². The zero-order chi connectivity index (χ0) is 14.7. The molecule has 3 rings (SSSR count). The van der Waals surface area contributed by atoms with Gasteiger partial charge in [0.25, 0.3) is 0 Å². The maximum absolute atomic E-state index is 9.53. The summed E-state index contributed by atoms with van der Waals surface area (Å²) < 4.78 is 0. The van der Waals surface area contributed by atoms with Crippen molar-refractivity contribution in [3.05, 3.63) is 77.9 Å². The van der Waals surface area contributed by atoms with Crippen LogP contribution in [0, 0.1) is 11.3 Å². The summed E-state index contributed by atoms with van der Waals surface area (Å²) in [6.07, 6.45) is 1.79. The predicted molar refractivity (Wildman–Crippen MR) is 85.5 cm³/mol. The van der Waals surface area contributed by atoms with Gasteiger partial charge in [0, 0.05) is 5.56 Å². The summed E-state index contributed by atoms with van der Waals surface area (Å²) in [5.74, 6) is 0.193. The number of phenolic OH excluding ortho intramolecular Hbond substituents is 1. The summed E-state index contributed by atoms with van der Waals surface area (Å²) in [7, 11) is 0. The van der Waals surface area contributed by atoms with Crippen molar-refractivity contribution in [3.8, 4) is 11.8 Å². The van der Waals surface area contributed by atoms with Crippen LogP contribution in [0.15, 0.2) is 66.7 Å². The van der Waals surface area contributed by atoms with E-state index in [-0.39, 0.29) is 5.75 Å². The van der Waals surface area contributed by atoms with E-state index in [9.17, 15) is 10.4 Å². The summed E-state index contributed by atoms with van der Waals surface area (Å²) in [6.45, 7) is 0. The topological polar surface area (TPSA) is 44.0 Å². The Morgan fingerprint density at radius 3 is 2.52 bits per heavy atom. The Hall–Kier alpha value is -3.05. The molecule has 0 radical (unpaired) electrons. The fourth-order valence-electron chi connectivity index (χ4n) is 2.41. The number of hydrogen-bond donors (Lipinski definition) is 1. The van der Waals surface area contributed by atoms with Crippen LogP contribution in [0.2, 0.25) is 0 Å². The number of hydrogen-bond acceptors (Lipinski definition) is 2. The number of rotatable bonds is 2. The van der Waals surface area contributed by atoms with E-state index in [2.05, 4.69) is 6.07 Å². The molecule has 3 aromatic carbocycles. The number of fused-ring (bicyclic) bond motifs is 1. The van der Waals surface area contributed by atoms with Crippen molar-refractivity contribution >= 4 is 22.4 Å². The number of nitrogens with zero attached hydrogens (tertiary/aromatic N) is 1. The van der Waals surface area contributed by atoms with Gasteiger partial charge in [0.15, 0.2) is 0 Å². The third-order valence-corrected chi connectivity index (χ3v) is 3.38. The van der Waals surface area contributed by atoms with Gasteiger partial charge in [-0.25, -0.2) is 0 Å². The number of benzene rings is 3. The minimum atomic E-state index is 0.193. The van der Waals surface area contributed by atoms with Gasteiger partial charge in [-0.1, -0.05) is 54.6 Å². The smallest absolute Gasteiger partial charge is 0.116 e. The van der Waals surface area contributed by atoms with Gasteiger partial charge in [0.05, 0.1) is 11.6 Å². The van der Waals surface area contributed by atoms with E-state index in [0.717, 1.165) is 21.9 Å². The molecule has 0 saturated carbocycles. The minimum Gasteiger partial charge on any atom is -0.508 e. The van der Waals surface area contributed by atoms with Gasteiger partial charge in [0.2, 0.25) is 0 Å². The van der Waals surface area contributed by atoms with Gasteiger partial charge >= 0.3 is 0 Å². The lowest BCUT2D eigenvalue weighted by atomic mass is 9.97. The van der Waals surface area contributed by atoms with Crippen molar-refractivity contribution in [3.63, 3.8) is 0 Å². The minimum absolute atomic E-state index is 0.193. The van der Waals surface area contributed by atoms with Gasteiger partial charge in [-0.3, -0.25) is 0 Å². The first-order valence-electron chi connectivity index (χ1n) is 6.67. The average molecular weight is 271 g/mol. The van der Waals surface area contributed by atoms with E-state index in [1.165, 1.54) is 0 Å². The van der Waals surface area contributed by atoms with E-state index < -0.39 is 0 Å². The summed E-state index contributed by atoms with van der Waals surface area (Å²) in [5, 5.41) is 21.2. The van der Waals surface area contributed by atoms with Crippen molar-refractivity contribution in [2.75, 3.05) is 0 Å². The second kappa shape index (κ2) is 5.52. The second-order valence-electron chi connectivity index (χ2n) is 4.79. The molecule has 21 heavy (non-hydrogen) atoms. The van der Waals surface area contributed by atoms with Crippen LogP contribution < -0.4 is 0 Å². The average Bonchev–Trinajstić information content (AvgIpc) is 2.52. The molecule has 0 saturated heterocycles. The van der Waals surface area contributed by atoms with E-state index in [0.29, 0.717) is 5.57 Å². The van der Waals surface area contributed by atoms with Gasteiger partial charge in [-0.15, -0.1) is 0 Å². The first-order valence-corrected chi connectivity index (χ1v) is 6.67. The highest BCUT2D eigenvalue weighted by atomic mass is 16.3. The lowest BCUT2D eigenvalue weighted by molar-refractivity contribution is 0.475. The third-order valence-electron chi connectivity index (χ3n) is 3.38. The van der Waals surface area contributed by atoms with E-state index in [1.807, 2.05) is 48.5 Å². The van der Waals surface area contributed by atoms with E-state index >= 15 is 0 Å². The number of aromatic hydroxyl groups is 1. The first-order chi connectivity index (χ1) is 10.3. The normalized spacial score (nSPS) is 11.3. The fourth-order valence-corrected chi connectivity index (χ4v) is 2.41. The Bertz CT molecular complexity index is 867. The zero-order valence-electron chi connectivity index (χ0n) is 11.3. The molecule has 0 atom stereocenters. The predicted octanol–water partition coefficient (Wildman–Crippen LogP) is 4.61. The summed E-state index contributed by atoms with van der Waals surface area (Å²) >= 11 is 0. The number of nitriles is 1. The first kappa shape index (κ1) is 13.0. The molecule has 0 fully saturated rings. The Morgan fingerprint density at radius 1 is 0.952 bits per heavy atom. The van der Waals surface area contributed by atoms with Crippen molar-refractivity contribution in [2.45, 2.75) is 0 Å². The molecule has 0 aliphatic carbocycles. The molecule has 0 heterocycles. The zero-order valence-corrected chi connectivity index (χ0v) is 11.3. The van der Waals surface area contributed by atoms with Crippen LogP contribution >= 0.6 is 0 Å². The molecule has 0 aromatic heterocycles. The molecule has 0 aliphatic heterocycles. The highest BCUT2D eigenvalue weighted by molar-refractivity contribution is 6.01. The van der Waals surface area contributed by atoms with Crippen LogP contribution in [0.4, 0.5) is 0 Å². The van der Waals surface area contributed by atoms with Crippen LogP contribution in [0.1, 0.15) is 11.1 Å². The van der Waals surface area contributed by atoms with Gasteiger partial charge < -0.3 is 5.11 Å². The van der Waals surface area contributed by atoms with E-state index in [4.69, 9.17) is 0 Å². The van der Waals surface area contributed by atoms with E-state index in [1.54, 1.807) is 24.3 Å². The number of phenols is 1. The van der Waals surface area contributed by atoms with Crippen molar-refractivity contribution < 1.29 is 5.11 Å². The molecule has 0 unspecified atom stereocenters. The lowest BCUT2D eigenvalue weighted by Gasteiger charge is -2.05. The van der Waals surface area contributed by atoms with Crippen LogP contribution in [0.3, 0.4) is 0 Å². The van der Waals surface area contributed by atoms with Crippen LogP contribution in [-0.2, 0) is 0 Å². The standard InChI is InChI=1S/C19H13NO/c20-13-16(11-14-5-3-8-17(21)12-14)19-10-4-7-15-6-1-2-9-18(15)19/h1-12,21H/b16-11-. The van der Waals surface area contributed by atoms with Crippen LogP contribution in [0.25, 0.3) is 22.4 Å². The lowest BCUT2D eigenvalue weighted by Crippen LogP contribution is -1.85. The molecule has 1 N–H and O–H groups in total. The molecule has 0 amide bonds. The molecular formula is C19H13NO. The fraction of sp³-hybridized carbons (Fsp3) is 0. The Kier molecular flexibility index (Phi) is 3.41. The summed E-state index contributed by atoms with van der Waals surface area (Å²) in [5.41, 5.74) is 2.29. The monoisotopic (exact) mass is 271 g/mol. The molecule has 0 bridgehead atoms. The summed E-state index contributed by atoms with van der Waals surface area (Å²) in [4.78, 5) is 0. The maximum atomic E-state index is 9.53. The maximum Gasteiger partial charge on any atom is 0.116 e. The second-order valence-corrected chi connectivity index (χ2v) is 4.79. The highest BCUT2D eigenvalue weighted by Crippen LogP contribution is 2.26. The molecule has 0 spiro atoms. The SMILES string of the molecule is N#C/C(=C/c1cccc(O)c1)c1cccc2ccccc12. The summed E-state index contributed by atoms with van der Waals surface area (Å²) in [6, 6.07) is 23.1. The molecular weight excluding hydrogens is 258 g/mol. The molecule has 3 aromatic rings. The Morgan fingerprint density at radius 2 is 1.71 bits per heavy atom. The highest BCUT2D eigenvalue weighted by Gasteiger charge is 2.06. The van der Waals surface area contributed by atoms with Crippen LogP contribution in [-0.4, -0.2) is 5.11 Å². The van der Waals surface area contributed by atoms with Gasteiger partial charge in [0.1, 0.15) is 5.75 Å². The quantitative estimate of drug-likeness (QED) is 0.546. The van der Waals surface area contributed by atoms with Gasteiger partial charge in [-0.05, 0) is 34.5 Å². The molecule has 2 heteroatoms. The largest absolute Gasteiger partial charge is 0.508 e. The van der Waals surface area contributed by atoms with Crippen molar-refractivity contribution in [1.29, 1.82) is 5.26 Å². The Balaban J connectivity index is 2.17.